The lowest BCUT2D eigenvalue weighted by atomic mass is 10.1. The number of thioether (sulfide) groups is 1. The number of carbonyl (C=O) groups excluding carboxylic acids is 1. The first-order valence-corrected chi connectivity index (χ1v) is 12.1. The summed E-state index contributed by atoms with van der Waals surface area (Å²) >= 11 is 1.36. The molecule has 0 spiro atoms. The first kappa shape index (κ1) is 23.6. The maximum atomic E-state index is 12.7. The van der Waals surface area contributed by atoms with Crippen LogP contribution in [0.5, 0.6) is 5.75 Å². The van der Waals surface area contributed by atoms with Gasteiger partial charge in [-0.2, -0.15) is 0 Å². The highest BCUT2D eigenvalue weighted by Crippen LogP contribution is 2.26. The van der Waals surface area contributed by atoms with Crippen LogP contribution >= 0.6 is 11.8 Å². The third kappa shape index (κ3) is 5.66. The highest BCUT2D eigenvalue weighted by molar-refractivity contribution is 7.99. The van der Waals surface area contributed by atoms with Gasteiger partial charge < -0.3 is 10.1 Å². The topological polar surface area (TPSA) is 69.0 Å². The van der Waals surface area contributed by atoms with Crippen molar-refractivity contribution in [3.63, 3.8) is 0 Å². The van der Waals surface area contributed by atoms with Gasteiger partial charge in [0.05, 0.1) is 11.4 Å². The van der Waals surface area contributed by atoms with Crippen LogP contribution in [0.1, 0.15) is 28.1 Å². The zero-order chi connectivity index (χ0) is 24.1. The van der Waals surface area contributed by atoms with Gasteiger partial charge in [0.2, 0.25) is 5.91 Å². The summed E-state index contributed by atoms with van der Waals surface area (Å²) in [5.74, 6) is 1.57. The zero-order valence-corrected chi connectivity index (χ0v) is 20.6. The van der Waals surface area contributed by atoms with E-state index in [9.17, 15) is 4.79 Å². The average Bonchev–Trinajstić information content (AvgIpc) is 3.21. The molecule has 0 saturated carbocycles. The van der Waals surface area contributed by atoms with Crippen LogP contribution in [-0.4, -0.2) is 26.4 Å². The van der Waals surface area contributed by atoms with Crippen molar-refractivity contribution < 1.29 is 9.53 Å². The van der Waals surface area contributed by atoms with Gasteiger partial charge in [0.1, 0.15) is 12.4 Å². The van der Waals surface area contributed by atoms with Crippen LogP contribution in [0.15, 0.2) is 71.9 Å². The first-order chi connectivity index (χ1) is 16.4. The fourth-order valence-corrected chi connectivity index (χ4v) is 4.48. The van der Waals surface area contributed by atoms with Gasteiger partial charge in [-0.05, 0) is 63.1 Å². The summed E-state index contributed by atoms with van der Waals surface area (Å²) in [5.41, 5.74) is 6.28. The minimum atomic E-state index is -0.0887. The maximum Gasteiger partial charge on any atom is 0.234 e. The Hall–Kier alpha value is -3.58. The van der Waals surface area contributed by atoms with Crippen LogP contribution in [0.4, 0.5) is 5.69 Å². The number of nitrogens with zero attached hydrogens (tertiary/aromatic N) is 3. The molecule has 7 heteroatoms. The van der Waals surface area contributed by atoms with Crippen LogP contribution in [-0.2, 0) is 11.4 Å². The summed E-state index contributed by atoms with van der Waals surface area (Å²) in [7, 11) is 0. The van der Waals surface area contributed by atoms with Crippen molar-refractivity contribution in [3.05, 3.63) is 94.8 Å². The second-order valence-corrected chi connectivity index (χ2v) is 9.22. The summed E-state index contributed by atoms with van der Waals surface area (Å²) in [5, 5.41) is 12.4. The lowest BCUT2D eigenvalue weighted by Crippen LogP contribution is -2.15. The van der Waals surface area contributed by atoms with Crippen molar-refractivity contribution in [3.8, 4) is 11.4 Å². The molecule has 34 heavy (non-hydrogen) atoms. The minimum Gasteiger partial charge on any atom is -0.486 e. The Bertz CT molecular complexity index is 1300. The van der Waals surface area contributed by atoms with E-state index in [0.717, 1.165) is 33.8 Å². The van der Waals surface area contributed by atoms with Crippen LogP contribution in [0.25, 0.3) is 5.69 Å². The summed E-state index contributed by atoms with van der Waals surface area (Å²) in [6.07, 6.45) is 0. The summed E-state index contributed by atoms with van der Waals surface area (Å²) in [4.78, 5) is 12.7. The van der Waals surface area contributed by atoms with Gasteiger partial charge in [0, 0.05) is 5.69 Å². The number of ether oxygens (including phenoxy) is 1. The maximum absolute atomic E-state index is 12.7. The molecular weight excluding hydrogens is 444 g/mol. The molecule has 4 rings (SSSR count). The molecule has 0 bridgehead atoms. The van der Waals surface area contributed by atoms with Gasteiger partial charge >= 0.3 is 0 Å². The molecule has 6 nitrogen and oxygen atoms in total. The number of benzene rings is 3. The Morgan fingerprint density at radius 2 is 1.62 bits per heavy atom. The lowest BCUT2D eigenvalue weighted by Gasteiger charge is -2.14. The Morgan fingerprint density at radius 3 is 2.32 bits per heavy atom. The molecule has 174 valence electrons. The van der Waals surface area contributed by atoms with Gasteiger partial charge in [0.25, 0.3) is 0 Å². The molecule has 3 aromatic carbocycles. The average molecular weight is 473 g/mol. The number of aromatic nitrogens is 3. The van der Waals surface area contributed by atoms with E-state index in [1.54, 1.807) is 0 Å². The normalized spacial score (nSPS) is 10.8. The Morgan fingerprint density at radius 1 is 0.912 bits per heavy atom. The minimum absolute atomic E-state index is 0.0887. The van der Waals surface area contributed by atoms with Gasteiger partial charge in [-0.1, -0.05) is 65.4 Å². The van der Waals surface area contributed by atoms with Gasteiger partial charge in [-0.25, -0.2) is 0 Å². The number of rotatable bonds is 8. The molecule has 1 amide bonds. The second kappa shape index (κ2) is 10.6. The number of amides is 1. The SMILES string of the molecule is Cc1ccc(NC(=O)CSc2nnc(COc3ccccc3)n2-c2ccc(C)cc2C)c(C)c1. The molecular formula is C27H28N4O2S. The van der Waals surface area contributed by atoms with Crippen molar-refractivity contribution in [2.45, 2.75) is 39.5 Å². The molecule has 1 N–H and O–H groups in total. The summed E-state index contributed by atoms with van der Waals surface area (Å²) < 4.78 is 7.93. The van der Waals surface area contributed by atoms with Crippen LogP contribution in [0, 0.1) is 27.7 Å². The zero-order valence-electron chi connectivity index (χ0n) is 19.8. The van der Waals surface area contributed by atoms with Gasteiger partial charge in [-0.15, -0.1) is 10.2 Å². The van der Waals surface area contributed by atoms with Gasteiger partial charge in [0.15, 0.2) is 11.0 Å². The molecule has 0 aliphatic rings. The third-order valence-corrected chi connectivity index (χ3v) is 6.32. The molecule has 0 fully saturated rings. The molecule has 0 unspecified atom stereocenters. The Kier molecular flexibility index (Phi) is 7.33. The van der Waals surface area contributed by atoms with Crippen molar-refractivity contribution in [1.82, 2.24) is 14.8 Å². The van der Waals surface area contributed by atoms with Crippen molar-refractivity contribution >= 4 is 23.4 Å². The highest BCUT2D eigenvalue weighted by Gasteiger charge is 2.18. The predicted octanol–water partition coefficient (Wildman–Crippen LogP) is 5.81. The van der Waals surface area contributed by atoms with E-state index in [-0.39, 0.29) is 18.3 Å². The molecule has 1 heterocycles. The quantitative estimate of drug-likeness (QED) is 0.328. The number of anilines is 1. The number of hydrogen-bond donors (Lipinski definition) is 1. The number of hydrogen-bond acceptors (Lipinski definition) is 5. The monoisotopic (exact) mass is 472 g/mol. The van der Waals surface area contributed by atoms with E-state index in [1.165, 1.54) is 17.3 Å². The van der Waals surface area contributed by atoms with E-state index in [0.29, 0.717) is 11.0 Å². The molecule has 0 aliphatic heterocycles. The van der Waals surface area contributed by atoms with E-state index in [1.807, 2.05) is 60.9 Å². The summed E-state index contributed by atoms with van der Waals surface area (Å²) in [6.45, 7) is 8.42. The second-order valence-electron chi connectivity index (χ2n) is 8.28. The number of nitrogens with one attached hydrogen (secondary N) is 1. The fourth-order valence-electron chi connectivity index (χ4n) is 3.72. The van der Waals surface area contributed by atoms with Crippen LogP contribution < -0.4 is 10.1 Å². The molecule has 0 atom stereocenters. The van der Waals surface area contributed by atoms with Crippen molar-refractivity contribution in [1.29, 1.82) is 0 Å². The Balaban J connectivity index is 1.55. The van der Waals surface area contributed by atoms with E-state index in [2.05, 4.69) is 53.6 Å². The molecule has 0 radical (unpaired) electrons. The van der Waals surface area contributed by atoms with E-state index in [4.69, 9.17) is 4.74 Å². The van der Waals surface area contributed by atoms with Crippen molar-refractivity contribution in [2.75, 3.05) is 11.1 Å². The molecule has 1 aromatic heterocycles. The fraction of sp³-hybridized carbons (Fsp3) is 0.222. The number of aryl methyl sites for hydroxylation is 4. The van der Waals surface area contributed by atoms with Crippen molar-refractivity contribution in [2.24, 2.45) is 0 Å². The van der Waals surface area contributed by atoms with Crippen LogP contribution in [0.3, 0.4) is 0 Å². The molecule has 0 saturated heterocycles. The highest BCUT2D eigenvalue weighted by atomic mass is 32.2. The molecule has 4 aromatic rings. The smallest absolute Gasteiger partial charge is 0.234 e. The van der Waals surface area contributed by atoms with Gasteiger partial charge in [-0.3, -0.25) is 9.36 Å². The Labute approximate surface area is 204 Å². The number of carbonyl (C=O) groups is 1. The first-order valence-electron chi connectivity index (χ1n) is 11.1. The van der Waals surface area contributed by atoms with E-state index < -0.39 is 0 Å². The third-order valence-electron chi connectivity index (χ3n) is 5.39. The lowest BCUT2D eigenvalue weighted by molar-refractivity contribution is -0.113. The largest absolute Gasteiger partial charge is 0.486 e. The predicted molar refractivity (Wildman–Crippen MR) is 137 cm³/mol. The van der Waals surface area contributed by atoms with Crippen LogP contribution in [0.2, 0.25) is 0 Å². The standard InChI is InChI=1S/C27H28N4O2S/c1-18-10-12-23(20(3)14-18)28-26(32)17-34-27-30-29-25(16-33-22-8-6-5-7-9-22)31(27)24-13-11-19(2)15-21(24)4/h5-15H,16-17H2,1-4H3,(H,28,32). The van der Waals surface area contributed by atoms with E-state index >= 15 is 0 Å². The molecule has 0 aliphatic carbocycles. The number of para-hydroxylation sites is 1. The summed E-state index contributed by atoms with van der Waals surface area (Å²) in [6, 6.07) is 21.8.